The zero-order valence-corrected chi connectivity index (χ0v) is 17.9. The molecule has 0 spiro atoms. The molecule has 0 heterocycles. The Labute approximate surface area is 183 Å². The number of nitrogens with two attached hydrogens (primary N) is 1. The molecule has 3 N–H and O–H groups in total. The molecule has 1 aliphatic rings. The Morgan fingerprint density at radius 1 is 1.03 bits per heavy atom. The lowest BCUT2D eigenvalue weighted by atomic mass is 10.0. The van der Waals surface area contributed by atoms with Crippen molar-refractivity contribution in [2.75, 3.05) is 5.73 Å². The summed E-state index contributed by atoms with van der Waals surface area (Å²) in [6, 6.07) is 23.0. The third-order valence-electron chi connectivity index (χ3n) is 5.32. The average molecular weight is 417 g/mol. The van der Waals surface area contributed by atoms with Gasteiger partial charge in [-0.25, -0.2) is 4.79 Å². The molecule has 0 radical (unpaired) electrons. The van der Waals surface area contributed by atoms with E-state index in [4.69, 9.17) is 10.5 Å². The number of nitrogen functional groups attached to an aromatic ring is 1. The molecule has 0 saturated heterocycles. The van der Waals surface area contributed by atoms with E-state index in [0.717, 1.165) is 46.3 Å². The highest BCUT2D eigenvalue weighted by atomic mass is 16.5. The van der Waals surface area contributed by atoms with E-state index < -0.39 is 6.09 Å². The summed E-state index contributed by atoms with van der Waals surface area (Å²) in [4.78, 5) is 23.4. The van der Waals surface area contributed by atoms with Gasteiger partial charge in [0.1, 0.15) is 6.61 Å². The SMILES string of the molecule is CC(=O)c1ccc2c(c1)CCC2NC(=O)OCc1ccccc1.Cc1ccccc1N. The number of carbonyl (C=O) groups excluding carboxylic acids is 2. The number of benzene rings is 3. The number of amides is 1. The Balaban J connectivity index is 0.000000287. The van der Waals surface area contributed by atoms with Gasteiger partial charge in [0.05, 0.1) is 6.04 Å². The van der Waals surface area contributed by atoms with Crippen LogP contribution in [0.2, 0.25) is 0 Å². The van der Waals surface area contributed by atoms with E-state index in [9.17, 15) is 9.59 Å². The molecule has 1 atom stereocenters. The van der Waals surface area contributed by atoms with Crippen molar-refractivity contribution in [2.45, 2.75) is 39.3 Å². The summed E-state index contributed by atoms with van der Waals surface area (Å²) in [7, 11) is 0. The molecule has 0 fully saturated rings. The second kappa shape index (κ2) is 10.4. The number of nitrogens with one attached hydrogen (secondary N) is 1. The Kier molecular flexibility index (Phi) is 7.44. The smallest absolute Gasteiger partial charge is 0.407 e. The van der Waals surface area contributed by atoms with E-state index in [1.54, 1.807) is 6.92 Å². The summed E-state index contributed by atoms with van der Waals surface area (Å²) < 4.78 is 5.26. The highest BCUT2D eigenvalue weighted by molar-refractivity contribution is 5.94. The molecule has 5 nitrogen and oxygen atoms in total. The Morgan fingerprint density at radius 2 is 1.74 bits per heavy atom. The summed E-state index contributed by atoms with van der Waals surface area (Å²) in [5, 5.41) is 2.91. The van der Waals surface area contributed by atoms with Crippen LogP contribution in [0, 0.1) is 6.92 Å². The second-order valence-corrected chi connectivity index (χ2v) is 7.62. The quantitative estimate of drug-likeness (QED) is 0.442. The molecular formula is C26H28N2O3. The molecule has 0 aliphatic heterocycles. The standard InChI is InChI=1S/C19H19NO3.C7H9N/c1-13(21)15-7-9-17-16(11-15)8-10-18(17)20-19(22)23-12-14-5-3-2-4-6-14;1-6-4-2-3-5-7(6)8/h2-7,9,11,18H,8,10,12H2,1H3,(H,20,22);2-5H,8H2,1H3. The van der Waals surface area contributed by atoms with Crippen LogP contribution >= 0.6 is 0 Å². The maximum atomic E-state index is 12.0. The topological polar surface area (TPSA) is 81.4 Å². The van der Waals surface area contributed by atoms with Crippen LogP contribution in [-0.2, 0) is 17.8 Å². The Hall–Kier alpha value is -3.60. The molecule has 0 aromatic heterocycles. The van der Waals surface area contributed by atoms with Gasteiger partial charge < -0.3 is 15.8 Å². The third kappa shape index (κ3) is 6.19. The number of ketones is 1. The van der Waals surface area contributed by atoms with Crippen molar-refractivity contribution >= 4 is 17.6 Å². The zero-order chi connectivity index (χ0) is 22.2. The Morgan fingerprint density at radius 3 is 2.39 bits per heavy atom. The number of hydrogen-bond acceptors (Lipinski definition) is 4. The normalized spacial score (nSPS) is 14.1. The van der Waals surface area contributed by atoms with Crippen molar-refractivity contribution in [1.82, 2.24) is 5.32 Å². The lowest BCUT2D eigenvalue weighted by Gasteiger charge is -2.14. The summed E-state index contributed by atoms with van der Waals surface area (Å²) >= 11 is 0. The maximum absolute atomic E-state index is 12.0. The first-order chi connectivity index (χ1) is 14.9. The summed E-state index contributed by atoms with van der Waals surface area (Å²) in [6.07, 6.45) is 1.28. The van der Waals surface area contributed by atoms with Crippen LogP contribution in [0.15, 0.2) is 72.8 Å². The number of rotatable bonds is 4. The number of carbonyl (C=O) groups is 2. The number of fused-ring (bicyclic) bond motifs is 1. The number of aryl methyl sites for hydroxylation is 2. The lowest BCUT2D eigenvalue weighted by Crippen LogP contribution is -2.27. The fraction of sp³-hybridized carbons (Fsp3) is 0.231. The van der Waals surface area contributed by atoms with Crippen LogP contribution < -0.4 is 11.1 Å². The number of para-hydroxylation sites is 1. The van der Waals surface area contributed by atoms with Crippen molar-refractivity contribution in [3.8, 4) is 0 Å². The minimum Gasteiger partial charge on any atom is -0.445 e. The summed E-state index contributed by atoms with van der Waals surface area (Å²) in [6.45, 7) is 3.82. The minimum absolute atomic E-state index is 0.0470. The van der Waals surface area contributed by atoms with Gasteiger partial charge in [0.25, 0.3) is 0 Å². The molecule has 1 unspecified atom stereocenters. The van der Waals surface area contributed by atoms with Gasteiger partial charge in [-0.1, -0.05) is 60.7 Å². The zero-order valence-electron chi connectivity index (χ0n) is 17.9. The van der Waals surface area contributed by atoms with Crippen LogP contribution in [-0.4, -0.2) is 11.9 Å². The monoisotopic (exact) mass is 416 g/mol. The number of ether oxygens (including phenoxy) is 1. The van der Waals surface area contributed by atoms with E-state index in [0.29, 0.717) is 0 Å². The van der Waals surface area contributed by atoms with Crippen LogP contribution in [0.3, 0.4) is 0 Å². The van der Waals surface area contributed by atoms with Crippen LogP contribution in [0.4, 0.5) is 10.5 Å². The highest BCUT2D eigenvalue weighted by Gasteiger charge is 2.25. The second-order valence-electron chi connectivity index (χ2n) is 7.62. The lowest BCUT2D eigenvalue weighted by molar-refractivity contribution is 0.101. The van der Waals surface area contributed by atoms with E-state index >= 15 is 0 Å². The molecule has 4 rings (SSSR count). The highest BCUT2D eigenvalue weighted by Crippen LogP contribution is 2.32. The van der Waals surface area contributed by atoms with E-state index in [-0.39, 0.29) is 18.4 Å². The molecule has 0 saturated carbocycles. The van der Waals surface area contributed by atoms with Gasteiger partial charge in [-0.05, 0) is 61.1 Å². The van der Waals surface area contributed by atoms with Crippen molar-refractivity contribution in [3.63, 3.8) is 0 Å². The third-order valence-corrected chi connectivity index (χ3v) is 5.32. The van der Waals surface area contributed by atoms with E-state index in [2.05, 4.69) is 5.32 Å². The van der Waals surface area contributed by atoms with Gasteiger partial charge in [-0.3, -0.25) is 4.79 Å². The van der Waals surface area contributed by atoms with E-state index in [1.807, 2.05) is 79.7 Å². The summed E-state index contributed by atoms with van der Waals surface area (Å²) in [5.41, 5.74) is 11.4. The van der Waals surface area contributed by atoms with Gasteiger partial charge in [0, 0.05) is 11.3 Å². The average Bonchev–Trinajstić information content (AvgIpc) is 3.17. The molecule has 5 heteroatoms. The van der Waals surface area contributed by atoms with Crippen LogP contribution in [0.1, 0.15) is 52.0 Å². The summed E-state index contributed by atoms with van der Waals surface area (Å²) in [5.74, 6) is 0.0616. The van der Waals surface area contributed by atoms with Gasteiger partial charge >= 0.3 is 6.09 Å². The van der Waals surface area contributed by atoms with Crippen molar-refractivity contribution in [1.29, 1.82) is 0 Å². The van der Waals surface area contributed by atoms with Crippen LogP contribution in [0.25, 0.3) is 0 Å². The first-order valence-corrected chi connectivity index (χ1v) is 10.4. The molecule has 0 bridgehead atoms. The number of hydrogen-bond donors (Lipinski definition) is 2. The van der Waals surface area contributed by atoms with Crippen LogP contribution in [0.5, 0.6) is 0 Å². The number of alkyl carbamates (subject to hydrolysis) is 1. The largest absolute Gasteiger partial charge is 0.445 e. The predicted molar refractivity (Wildman–Crippen MR) is 123 cm³/mol. The van der Waals surface area contributed by atoms with Gasteiger partial charge in [-0.2, -0.15) is 0 Å². The molecule has 1 amide bonds. The first-order valence-electron chi connectivity index (χ1n) is 10.4. The van der Waals surface area contributed by atoms with Gasteiger partial charge in [-0.15, -0.1) is 0 Å². The molecular weight excluding hydrogens is 388 g/mol. The predicted octanol–water partition coefficient (Wildman–Crippen LogP) is 5.38. The van der Waals surface area contributed by atoms with Gasteiger partial charge in [0.15, 0.2) is 5.78 Å². The van der Waals surface area contributed by atoms with Crippen molar-refractivity contribution in [2.24, 2.45) is 0 Å². The Bertz CT molecular complexity index is 1030. The van der Waals surface area contributed by atoms with Crippen molar-refractivity contribution in [3.05, 3.63) is 101 Å². The number of Topliss-reactive ketones (excluding diaryl/α,β-unsaturated/α-hetero) is 1. The van der Waals surface area contributed by atoms with Gasteiger partial charge in [0.2, 0.25) is 0 Å². The molecule has 160 valence electrons. The fourth-order valence-electron chi connectivity index (χ4n) is 3.48. The molecule has 3 aromatic carbocycles. The van der Waals surface area contributed by atoms with Crippen molar-refractivity contribution < 1.29 is 14.3 Å². The molecule has 1 aliphatic carbocycles. The number of anilines is 1. The molecule has 3 aromatic rings. The minimum atomic E-state index is -0.414. The first kappa shape index (κ1) is 22.1. The van der Waals surface area contributed by atoms with E-state index in [1.165, 1.54) is 0 Å². The fourth-order valence-corrected chi connectivity index (χ4v) is 3.48. The maximum Gasteiger partial charge on any atom is 0.407 e. The molecule has 31 heavy (non-hydrogen) atoms.